The fraction of sp³-hybridized carbons (Fsp3) is 0.0455. The van der Waals surface area contributed by atoms with Crippen LogP contribution in [0.2, 0.25) is 0 Å². The monoisotopic (exact) mass is 588 g/mol. The van der Waals surface area contributed by atoms with Crippen LogP contribution in [0.25, 0.3) is 93.9 Å². The summed E-state index contributed by atoms with van der Waals surface area (Å²) in [6.07, 6.45) is 6.41. The van der Waals surface area contributed by atoms with Crippen molar-refractivity contribution in [1.29, 1.82) is 0 Å². The smallest absolute Gasteiger partial charge is 0.147 e. The lowest BCUT2D eigenvalue weighted by molar-refractivity contribution is 0.548. The topological polar surface area (TPSA) is 26.3 Å². The van der Waals surface area contributed by atoms with Crippen molar-refractivity contribution < 1.29 is 8.83 Å². The zero-order chi connectivity index (χ0) is 30.2. The summed E-state index contributed by atoms with van der Waals surface area (Å²) in [5.74, 6) is 1.06. The molecular weight excluding hydrogens is 560 g/mol. The lowest BCUT2D eigenvalue weighted by Crippen LogP contribution is -1.92. The Hall–Kier alpha value is -5.86. The Morgan fingerprint density at radius 2 is 1.04 bits per heavy atom. The maximum Gasteiger partial charge on any atom is 0.147 e. The first kappa shape index (κ1) is 25.5. The van der Waals surface area contributed by atoms with Gasteiger partial charge in [-0.15, -0.1) is 0 Å². The number of hydrogen-bond donors (Lipinski definition) is 0. The van der Waals surface area contributed by atoms with Gasteiger partial charge in [0.25, 0.3) is 0 Å². The maximum absolute atomic E-state index is 6.77. The molecule has 2 heterocycles. The van der Waals surface area contributed by atoms with E-state index in [2.05, 4.69) is 140 Å². The molecule has 1 aliphatic carbocycles. The lowest BCUT2D eigenvalue weighted by atomic mass is 9.85. The summed E-state index contributed by atoms with van der Waals surface area (Å²) < 4.78 is 13.4. The van der Waals surface area contributed by atoms with Gasteiger partial charge in [-0.2, -0.15) is 0 Å². The molecule has 0 atom stereocenters. The zero-order valence-electron chi connectivity index (χ0n) is 25.1. The van der Waals surface area contributed by atoms with E-state index in [1.807, 2.05) is 6.07 Å². The van der Waals surface area contributed by atoms with Crippen LogP contribution in [0.4, 0.5) is 0 Å². The molecule has 0 saturated carbocycles. The van der Waals surface area contributed by atoms with E-state index in [9.17, 15) is 0 Å². The average molecular weight is 589 g/mol. The number of aryl methyl sites for hydroxylation is 1. The minimum atomic E-state index is 0.874. The molecular formula is C44H28O2. The summed E-state index contributed by atoms with van der Waals surface area (Å²) >= 11 is 0. The highest BCUT2D eigenvalue weighted by molar-refractivity contribution is 6.28. The molecule has 216 valence electrons. The molecule has 2 aromatic heterocycles. The van der Waals surface area contributed by atoms with Gasteiger partial charge in [0.15, 0.2) is 0 Å². The van der Waals surface area contributed by atoms with E-state index in [4.69, 9.17) is 8.83 Å². The molecule has 2 heteroatoms. The van der Waals surface area contributed by atoms with Crippen molar-refractivity contribution in [2.24, 2.45) is 0 Å². The second-order valence-corrected chi connectivity index (χ2v) is 12.3. The van der Waals surface area contributed by atoms with Gasteiger partial charge in [-0.3, -0.25) is 0 Å². The minimum Gasteiger partial charge on any atom is -0.460 e. The molecule has 0 unspecified atom stereocenters. The molecule has 0 fully saturated rings. The van der Waals surface area contributed by atoms with E-state index in [0.29, 0.717) is 0 Å². The van der Waals surface area contributed by atoms with Crippen molar-refractivity contribution in [1.82, 2.24) is 0 Å². The lowest BCUT2D eigenvalue weighted by Gasteiger charge is -2.18. The summed E-state index contributed by atoms with van der Waals surface area (Å²) in [5.41, 5.74) is 11.0. The van der Waals surface area contributed by atoms with E-state index in [-0.39, 0.29) is 0 Å². The third-order valence-corrected chi connectivity index (χ3v) is 9.72. The first-order valence-corrected chi connectivity index (χ1v) is 16.0. The van der Waals surface area contributed by atoms with E-state index >= 15 is 0 Å². The number of rotatable bonds is 3. The molecule has 0 saturated heterocycles. The summed E-state index contributed by atoms with van der Waals surface area (Å²) in [5, 5.41) is 8.15. The van der Waals surface area contributed by atoms with Crippen molar-refractivity contribution in [3.63, 3.8) is 0 Å². The van der Waals surface area contributed by atoms with Gasteiger partial charge in [0, 0.05) is 33.9 Å². The van der Waals surface area contributed by atoms with Gasteiger partial charge in [0.05, 0.1) is 5.39 Å². The third-order valence-electron chi connectivity index (χ3n) is 9.72. The van der Waals surface area contributed by atoms with Crippen LogP contribution in [0, 0.1) is 0 Å². The van der Waals surface area contributed by atoms with Gasteiger partial charge >= 0.3 is 0 Å². The molecule has 9 aromatic rings. The number of furan rings is 2. The number of benzene rings is 7. The van der Waals surface area contributed by atoms with Crippen LogP contribution in [-0.2, 0) is 6.42 Å². The van der Waals surface area contributed by atoms with Crippen molar-refractivity contribution in [2.75, 3.05) is 0 Å². The summed E-state index contributed by atoms with van der Waals surface area (Å²) in [7, 11) is 0. The largest absolute Gasteiger partial charge is 0.460 e. The second kappa shape index (κ2) is 9.82. The Morgan fingerprint density at radius 3 is 1.76 bits per heavy atom. The van der Waals surface area contributed by atoms with Crippen LogP contribution >= 0.6 is 0 Å². The molecule has 0 bridgehead atoms. The maximum atomic E-state index is 6.77. The Bertz CT molecular complexity index is 2610. The van der Waals surface area contributed by atoms with Crippen LogP contribution in [0.1, 0.15) is 17.7 Å². The van der Waals surface area contributed by atoms with Crippen LogP contribution in [0.3, 0.4) is 0 Å². The van der Waals surface area contributed by atoms with Crippen molar-refractivity contribution >= 4 is 60.5 Å². The van der Waals surface area contributed by atoms with Gasteiger partial charge in [0.2, 0.25) is 0 Å². The second-order valence-electron chi connectivity index (χ2n) is 12.3. The highest BCUT2D eigenvalue weighted by atomic mass is 16.3. The van der Waals surface area contributed by atoms with Crippen LogP contribution in [0.15, 0.2) is 148 Å². The Labute approximate surface area is 265 Å². The van der Waals surface area contributed by atoms with E-state index in [1.165, 1.54) is 54.9 Å². The van der Waals surface area contributed by atoms with Crippen LogP contribution in [0.5, 0.6) is 0 Å². The predicted octanol–water partition coefficient (Wildman–Crippen LogP) is 12.6. The Balaban J connectivity index is 1.32. The van der Waals surface area contributed by atoms with Gasteiger partial charge in [-0.1, -0.05) is 133 Å². The summed E-state index contributed by atoms with van der Waals surface area (Å²) in [6.45, 7) is 0. The van der Waals surface area contributed by atoms with Gasteiger partial charge in [-0.05, 0) is 62.4 Å². The Kier molecular flexibility index (Phi) is 5.44. The number of allylic oxidation sites excluding steroid dienone is 1. The SMILES string of the molecule is C1=Cc2c(oc3c2cc(-c2c4ccccc4c(-c4ccc(-c5ccccc5)cc4)c4ccccc24)c2oc4ccccc4c23)CC1. The Morgan fingerprint density at radius 1 is 0.457 bits per heavy atom. The van der Waals surface area contributed by atoms with Gasteiger partial charge in [-0.25, -0.2) is 0 Å². The fourth-order valence-corrected chi connectivity index (χ4v) is 7.66. The first-order chi connectivity index (χ1) is 22.8. The zero-order valence-corrected chi connectivity index (χ0v) is 25.1. The van der Waals surface area contributed by atoms with Gasteiger partial charge in [0.1, 0.15) is 22.5 Å². The molecule has 10 rings (SSSR count). The number of para-hydroxylation sites is 1. The highest BCUT2D eigenvalue weighted by Crippen LogP contribution is 2.49. The van der Waals surface area contributed by atoms with Crippen molar-refractivity contribution in [3.05, 3.63) is 151 Å². The molecule has 1 aliphatic rings. The molecule has 0 amide bonds. The summed E-state index contributed by atoms with van der Waals surface area (Å²) in [6, 6.07) is 47.9. The van der Waals surface area contributed by atoms with Crippen LogP contribution in [-0.4, -0.2) is 0 Å². The molecule has 0 N–H and O–H groups in total. The molecule has 0 spiro atoms. The van der Waals surface area contributed by atoms with Crippen molar-refractivity contribution in [3.8, 4) is 33.4 Å². The summed E-state index contributed by atoms with van der Waals surface area (Å²) in [4.78, 5) is 0. The fourth-order valence-electron chi connectivity index (χ4n) is 7.66. The minimum absolute atomic E-state index is 0.874. The van der Waals surface area contributed by atoms with Crippen molar-refractivity contribution in [2.45, 2.75) is 12.8 Å². The van der Waals surface area contributed by atoms with E-state index in [1.54, 1.807) is 0 Å². The average Bonchev–Trinajstić information content (AvgIpc) is 3.70. The molecule has 0 radical (unpaired) electrons. The third kappa shape index (κ3) is 3.64. The van der Waals surface area contributed by atoms with Crippen LogP contribution < -0.4 is 0 Å². The quantitative estimate of drug-likeness (QED) is 0.192. The van der Waals surface area contributed by atoms with E-state index in [0.717, 1.165) is 57.1 Å². The number of fused-ring (bicyclic) bond motifs is 9. The molecule has 7 aromatic carbocycles. The highest BCUT2D eigenvalue weighted by Gasteiger charge is 2.25. The predicted molar refractivity (Wildman–Crippen MR) is 192 cm³/mol. The first-order valence-electron chi connectivity index (χ1n) is 16.0. The molecule has 46 heavy (non-hydrogen) atoms. The molecule has 2 nitrogen and oxygen atoms in total. The van der Waals surface area contributed by atoms with Gasteiger partial charge < -0.3 is 8.83 Å². The van der Waals surface area contributed by atoms with E-state index < -0.39 is 0 Å². The molecule has 0 aliphatic heterocycles. The number of hydrogen-bond acceptors (Lipinski definition) is 2. The standard InChI is InChI=1S/C44H28O2/c1-2-12-27(13-3-1)28-22-24-29(25-23-28)40-31-15-4-6-17-33(31)41(34-18-7-5-16-32(34)40)37-26-36-30-14-8-10-20-38(30)45-43(36)42-35-19-9-11-21-39(35)46-44(37)42/h1-9,11-19,21-26H,10,20H2. The normalized spacial score (nSPS) is 13.0.